The van der Waals surface area contributed by atoms with Crippen molar-refractivity contribution in [2.75, 3.05) is 5.32 Å². The summed E-state index contributed by atoms with van der Waals surface area (Å²) in [7, 11) is 0. The molecule has 1 heterocycles. The van der Waals surface area contributed by atoms with Gasteiger partial charge in [-0.05, 0) is 55.3 Å². The highest BCUT2D eigenvalue weighted by molar-refractivity contribution is 6.30. The van der Waals surface area contributed by atoms with Crippen molar-refractivity contribution >= 4 is 23.2 Å². The van der Waals surface area contributed by atoms with Gasteiger partial charge in [0.05, 0.1) is 0 Å². The van der Waals surface area contributed by atoms with Gasteiger partial charge < -0.3 is 5.32 Å². The van der Waals surface area contributed by atoms with E-state index in [1.54, 1.807) is 0 Å². The summed E-state index contributed by atoms with van der Waals surface area (Å²) in [4.78, 5) is 4.46. The number of H-pyrrole nitrogens is 1. The molecule has 0 amide bonds. The molecule has 106 valence electrons. The van der Waals surface area contributed by atoms with Crippen LogP contribution in [-0.4, -0.2) is 15.2 Å². The number of aryl methyl sites for hydroxylation is 2. The zero-order valence-corrected chi connectivity index (χ0v) is 12.6. The van der Waals surface area contributed by atoms with Crippen LogP contribution in [0.4, 0.5) is 11.6 Å². The van der Waals surface area contributed by atoms with Crippen LogP contribution < -0.4 is 5.32 Å². The summed E-state index contributed by atoms with van der Waals surface area (Å²) in [6, 6.07) is 13.6. The number of benzene rings is 2. The Hall–Kier alpha value is -2.33. The molecule has 1 aromatic heterocycles. The Balaban J connectivity index is 1.82. The molecule has 5 heteroatoms. The normalized spacial score (nSPS) is 10.6. The van der Waals surface area contributed by atoms with Crippen LogP contribution in [0.2, 0.25) is 5.02 Å². The molecule has 0 radical (unpaired) electrons. The zero-order chi connectivity index (χ0) is 14.8. The Labute approximate surface area is 128 Å². The molecule has 3 rings (SSSR count). The predicted octanol–water partition coefficient (Wildman–Crippen LogP) is 4.49. The Morgan fingerprint density at radius 2 is 1.76 bits per heavy atom. The van der Waals surface area contributed by atoms with E-state index in [1.165, 1.54) is 11.1 Å². The van der Waals surface area contributed by atoms with Gasteiger partial charge in [0.1, 0.15) is 0 Å². The lowest BCUT2D eigenvalue weighted by Gasteiger charge is -2.02. The van der Waals surface area contributed by atoms with Crippen molar-refractivity contribution in [3.8, 4) is 11.4 Å². The standard InChI is InChI=1S/C16H15ClN4/c1-10-3-4-12(9-11(10)2)15-19-16(21-20-15)18-14-7-5-13(17)6-8-14/h3-9H,1-2H3,(H2,18,19,20,21). The predicted molar refractivity (Wildman–Crippen MR) is 86.0 cm³/mol. The molecule has 3 aromatic rings. The number of halogens is 1. The fourth-order valence-electron chi connectivity index (χ4n) is 2.00. The van der Waals surface area contributed by atoms with E-state index in [9.17, 15) is 0 Å². The van der Waals surface area contributed by atoms with Gasteiger partial charge in [-0.15, -0.1) is 5.10 Å². The van der Waals surface area contributed by atoms with Gasteiger partial charge in [0.15, 0.2) is 5.82 Å². The van der Waals surface area contributed by atoms with Crippen molar-refractivity contribution < 1.29 is 0 Å². The molecule has 0 aliphatic heterocycles. The Bertz CT molecular complexity index is 762. The van der Waals surface area contributed by atoms with E-state index in [2.05, 4.69) is 46.5 Å². The molecule has 0 spiro atoms. The van der Waals surface area contributed by atoms with E-state index < -0.39 is 0 Å². The number of rotatable bonds is 3. The molecule has 0 aliphatic carbocycles. The second-order valence-electron chi connectivity index (χ2n) is 4.94. The average Bonchev–Trinajstić information content (AvgIpc) is 2.93. The molecule has 0 atom stereocenters. The number of hydrogen-bond donors (Lipinski definition) is 2. The maximum Gasteiger partial charge on any atom is 0.246 e. The van der Waals surface area contributed by atoms with Gasteiger partial charge in [0.2, 0.25) is 5.95 Å². The van der Waals surface area contributed by atoms with Crippen LogP contribution in [0.5, 0.6) is 0 Å². The maximum absolute atomic E-state index is 5.86. The highest BCUT2D eigenvalue weighted by Crippen LogP contribution is 2.21. The highest BCUT2D eigenvalue weighted by Gasteiger charge is 2.06. The van der Waals surface area contributed by atoms with Crippen LogP contribution in [0.15, 0.2) is 42.5 Å². The van der Waals surface area contributed by atoms with Gasteiger partial charge in [-0.1, -0.05) is 23.7 Å². The van der Waals surface area contributed by atoms with Gasteiger partial charge in [0, 0.05) is 16.3 Å². The van der Waals surface area contributed by atoms with E-state index in [1.807, 2.05) is 30.3 Å². The summed E-state index contributed by atoms with van der Waals surface area (Å²) >= 11 is 5.86. The number of hydrogen-bond acceptors (Lipinski definition) is 3. The van der Waals surface area contributed by atoms with Gasteiger partial charge in [-0.25, -0.2) is 0 Å². The summed E-state index contributed by atoms with van der Waals surface area (Å²) in [6.07, 6.45) is 0. The fraction of sp³-hybridized carbons (Fsp3) is 0.125. The molecule has 0 saturated heterocycles. The molecule has 2 N–H and O–H groups in total. The Kier molecular flexibility index (Phi) is 3.62. The average molecular weight is 299 g/mol. The van der Waals surface area contributed by atoms with Crippen molar-refractivity contribution in [1.29, 1.82) is 0 Å². The number of aromatic nitrogens is 3. The van der Waals surface area contributed by atoms with Crippen LogP contribution in [0.3, 0.4) is 0 Å². The van der Waals surface area contributed by atoms with Crippen LogP contribution in [0.25, 0.3) is 11.4 Å². The van der Waals surface area contributed by atoms with Crippen LogP contribution in [0.1, 0.15) is 11.1 Å². The second-order valence-corrected chi connectivity index (χ2v) is 5.37. The van der Waals surface area contributed by atoms with Crippen LogP contribution >= 0.6 is 11.6 Å². The van der Waals surface area contributed by atoms with Crippen molar-refractivity contribution in [3.63, 3.8) is 0 Å². The summed E-state index contributed by atoms with van der Waals surface area (Å²) in [6.45, 7) is 4.18. The first-order valence-electron chi connectivity index (χ1n) is 6.64. The summed E-state index contributed by atoms with van der Waals surface area (Å²) in [5.74, 6) is 1.28. The van der Waals surface area contributed by atoms with Crippen molar-refractivity contribution in [2.24, 2.45) is 0 Å². The molecular formula is C16H15ClN4. The van der Waals surface area contributed by atoms with E-state index in [4.69, 9.17) is 11.6 Å². The largest absolute Gasteiger partial charge is 0.323 e. The molecule has 0 unspecified atom stereocenters. The van der Waals surface area contributed by atoms with Gasteiger partial charge in [0.25, 0.3) is 0 Å². The first kappa shape index (κ1) is 13.6. The number of nitrogens with zero attached hydrogens (tertiary/aromatic N) is 2. The van der Waals surface area contributed by atoms with Gasteiger partial charge in [-0.3, -0.25) is 5.10 Å². The molecule has 4 nitrogen and oxygen atoms in total. The molecule has 2 aromatic carbocycles. The van der Waals surface area contributed by atoms with Crippen LogP contribution in [0, 0.1) is 13.8 Å². The lowest BCUT2D eigenvalue weighted by molar-refractivity contribution is 1.10. The van der Waals surface area contributed by atoms with Crippen molar-refractivity contribution in [2.45, 2.75) is 13.8 Å². The minimum absolute atomic E-state index is 0.533. The number of anilines is 2. The molecule has 21 heavy (non-hydrogen) atoms. The molecule has 0 bridgehead atoms. The first-order valence-corrected chi connectivity index (χ1v) is 7.02. The van der Waals surface area contributed by atoms with E-state index in [-0.39, 0.29) is 0 Å². The second kappa shape index (κ2) is 5.58. The third kappa shape index (κ3) is 3.06. The van der Waals surface area contributed by atoms with E-state index >= 15 is 0 Å². The summed E-state index contributed by atoms with van der Waals surface area (Å²) in [5, 5.41) is 11.0. The molecule has 0 aliphatic rings. The molecule has 0 fully saturated rings. The Morgan fingerprint density at radius 3 is 2.48 bits per heavy atom. The fourth-order valence-corrected chi connectivity index (χ4v) is 2.12. The van der Waals surface area contributed by atoms with Crippen LogP contribution in [-0.2, 0) is 0 Å². The third-order valence-corrected chi connectivity index (χ3v) is 3.62. The smallest absolute Gasteiger partial charge is 0.246 e. The minimum atomic E-state index is 0.533. The highest BCUT2D eigenvalue weighted by atomic mass is 35.5. The SMILES string of the molecule is Cc1ccc(-c2nc(Nc3ccc(Cl)cc3)n[nH]2)cc1C. The van der Waals surface area contributed by atoms with Gasteiger partial charge in [-0.2, -0.15) is 4.98 Å². The van der Waals surface area contributed by atoms with Gasteiger partial charge >= 0.3 is 0 Å². The number of aromatic amines is 1. The lowest BCUT2D eigenvalue weighted by atomic mass is 10.1. The van der Waals surface area contributed by atoms with E-state index in [0.29, 0.717) is 11.0 Å². The monoisotopic (exact) mass is 298 g/mol. The van der Waals surface area contributed by atoms with Crippen molar-refractivity contribution in [3.05, 3.63) is 58.6 Å². The first-order chi connectivity index (χ1) is 10.1. The molecule has 0 saturated carbocycles. The zero-order valence-electron chi connectivity index (χ0n) is 11.8. The third-order valence-electron chi connectivity index (χ3n) is 3.37. The topological polar surface area (TPSA) is 53.6 Å². The number of nitrogens with one attached hydrogen (secondary N) is 2. The molecular weight excluding hydrogens is 284 g/mol. The minimum Gasteiger partial charge on any atom is -0.323 e. The summed E-state index contributed by atoms with van der Waals surface area (Å²) < 4.78 is 0. The lowest BCUT2D eigenvalue weighted by Crippen LogP contribution is -1.91. The van der Waals surface area contributed by atoms with E-state index in [0.717, 1.165) is 17.1 Å². The summed E-state index contributed by atoms with van der Waals surface area (Å²) in [5.41, 5.74) is 4.41. The quantitative estimate of drug-likeness (QED) is 0.749. The maximum atomic E-state index is 5.86. The van der Waals surface area contributed by atoms with Crippen molar-refractivity contribution in [1.82, 2.24) is 15.2 Å². The Morgan fingerprint density at radius 1 is 1.00 bits per heavy atom.